The normalized spacial score (nSPS) is 9.95. The summed E-state index contributed by atoms with van der Waals surface area (Å²) in [6.07, 6.45) is 0.467. The third-order valence-electron chi connectivity index (χ3n) is 2.58. The maximum atomic E-state index is 12.0. The van der Waals surface area contributed by atoms with Crippen molar-refractivity contribution in [2.24, 2.45) is 0 Å². The van der Waals surface area contributed by atoms with E-state index in [1.54, 1.807) is 30.5 Å². The lowest BCUT2D eigenvalue weighted by Crippen LogP contribution is -2.23. The molecule has 6 nitrogen and oxygen atoms in total. The number of halogens is 1. The van der Waals surface area contributed by atoms with Gasteiger partial charge in [0.05, 0.1) is 12.2 Å². The van der Waals surface area contributed by atoms with Crippen molar-refractivity contribution in [2.75, 3.05) is 5.32 Å². The average Bonchev–Trinajstić information content (AvgIpc) is 2.44. The van der Waals surface area contributed by atoms with E-state index in [0.29, 0.717) is 11.3 Å². The molecule has 0 bridgehead atoms. The van der Waals surface area contributed by atoms with E-state index in [1.165, 1.54) is 6.07 Å². The van der Waals surface area contributed by atoms with Gasteiger partial charge in [0.15, 0.2) is 0 Å². The quantitative estimate of drug-likeness (QED) is 0.791. The molecule has 0 fully saturated rings. The minimum atomic E-state index is -1.18. The summed E-state index contributed by atoms with van der Waals surface area (Å²) in [4.78, 5) is 26.7. The molecule has 1 aromatic heterocycles. The lowest BCUT2D eigenvalue weighted by Gasteiger charge is -2.07. The molecule has 2 amide bonds. The van der Waals surface area contributed by atoms with E-state index in [-0.39, 0.29) is 12.5 Å². The van der Waals surface area contributed by atoms with Crippen LogP contribution in [-0.4, -0.2) is 22.1 Å². The van der Waals surface area contributed by atoms with Gasteiger partial charge >= 0.3 is 6.09 Å². The number of aromatic nitrogens is 1. The molecule has 7 heteroatoms. The van der Waals surface area contributed by atoms with Crippen LogP contribution >= 0.6 is 15.9 Å². The molecule has 0 aliphatic heterocycles. The minimum absolute atomic E-state index is 0.287. The number of carbonyl (C=O) groups excluding carboxylic acids is 1. The second kappa shape index (κ2) is 6.85. The predicted molar refractivity (Wildman–Crippen MR) is 81.2 cm³/mol. The second-order valence-corrected chi connectivity index (χ2v) is 5.07. The molecule has 2 rings (SSSR count). The highest BCUT2D eigenvalue weighted by Crippen LogP contribution is 2.12. The summed E-state index contributed by atoms with van der Waals surface area (Å²) in [5.41, 5.74) is 1.43. The first-order valence-electron chi connectivity index (χ1n) is 6.03. The zero-order valence-corrected chi connectivity index (χ0v) is 12.4. The summed E-state index contributed by atoms with van der Waals surface area (Å²) in [6.45, 7) is 0.287. The van der Waals surface area contributed by atoms with Crippen molar-refractivity contribution in [2.45, 2.75) is 6.54 Å². The smallest absolute Gasteiger partial charge is 0.409 e. The molecule has 0 saturated heterocycles. The second-order valence-electron chi connectivity index (χ2n) is 4.16. The summed E-state index contributed by atoms with van der Waals surface area (Å²) in [7, 11) is 0. The van der Waals surface area contributed by atoms with E-state index in [2.05, 4.69) is 31.5 Å². The standard InChI is InChI=1S/C14H12BrN3O3/c15-10-4-5-16-12(7-10)8-17-13(19)9-2-1-3-11(6-9)18-14(20)21/h1-7,18H,8H2,(H,17,19)(H,20,21). The number of anilines is 1. The number of hydrogen-bond donors (Lipinski definition) is 3. The van der Waals surface area contributed by atoms with Crippen LogP contribution in [0.5, 0.6) is 0 Å². The van der Waals surface area contributed by atoms with E-state index in [4.69, 9.17) is 5.11 Å². The van der Waals surface area contributed by atoms with E-state index in [1.807, 2.05) is 6.07 Å². The van der Waals surface area contributed by atoms with Crippen LogP contribution in [0, 0.1) is 0 Å². The van der Waals surface area contributed by atoms with Gasteiger partial charge in [-0.15, -0.1) is 0 Å². The molecule has 0 aliphatic carbocycles. The first kappa shape index (κ1) is 15.0. The van der Waals surface area contributed by atoms with Crippen molar-refractivity contribution in [1.29, 1.82) is 0 Å². The molecule has 2 aromatic rings. The first-order chi connectivity index (χ1) is 10.0. The van der Waals surface area contributed by atoms with Gasteiger partial charge in [-0.2, -0.15) is 0 Å². The van der Waals surface area contributed by atoms with E-state index >= 15 is 0 Å². The molecule has 0 unspecified atom stereocenters. The minimum Gasteiger partial charge on any atom is -0.465 e. The molecular weight excluding hydrogens is 338 g/mol. The molecule has 108 valence electrons. The van der Waals surface area contributed by atoms with Gasteiger partial charge in [0.2, 0.25) is 0 Å². The number of carbonyl (C=O) groups is 2. The lowest BCUT2D eigenvalue weighted by atomic mass is 10.2. The predicted octanol–water partition coefficient (Wildman–Crippen LogP) is 2.86. The highest BCUT2D eigenvalue weighted by molar-refractivity contribution is 9.10. The number of carboxylic acid groups (broad SMARTS) is 1. The first-order valence-corrected chi connectivity index (χ1v) is 6.82. The zero-order valence-electron chi connectivity index (χ0n) is 10.8. The highest BCUT2D eigenvalue weighted by Gasteiger charge is 2.07. The van der Waals surface area contributed by atoms with Crippen LogP contribution in [0.15, 0.2) is 47.1 Å². The van der Waals surface area contributed by atoms with Crippen LogP contribution in [0.1, 0.15) is 16.1 Å². The summed E-state index contributed by atoms with van der Waals surface area (Å²) in [5, 5.41) is 13.6. The molecule has 0 atom stereocenters. The van der Waals surface area contributed by atoms with E-state index in [9.17, 15) is 9.59 Å². The molecular formula is C14H12BrN3O3. The molecule has 0 spiro atoms. The monoisotopic (exact) mass is 349 g/mol. The summed E-state index contributed by atoms with van der Waals surface area (Å²) in [5.74, 6) is -0.300. The Labute approximate surface area is 129 Å². The molecule has 1 aromatic carbocycles. The van der Waals surface area contributed by atoms with Crippen LogP contribution in [0.2, 0.25) is 0 Å². The van der Waals surface area contributed by atoms with Gasteiger partial charge in [0.1, 0.15) is 0 Å². The van der Waals surface area contributed by atoms with Gasteiger partial charge in [0.25, 0.3) is 5.91 Å². The van der Waals surface area contributed by atoms with Crippen molar-refractivity contribution in [1.82, 2.24) is 10.3 Å². The number of nitrogens with zero attached hydrogens (tertiary/aromatic N) is 1. The summed E-state index contributed by atoms with van der Waals surface area (Å²) >= 11 is 3.33. The van der Waals surface area contributed by atoms with Crippen molar-refractivity contribution in [3.8, 4) is 0 Å². The Bertz CT molecular complexity index is 676. The zero-order chi connectivity index (χ0) is 15.2. The Morgan fingerprint density at radius 1 is 1.24 bits per heavy atom. The van der Waals surface area contributed by atoms with Crippen LogP contribution in [0.25, 0.3) is 0 Å². The van der Waals surface area contributed by atoms with Gasteiger partial charge in [-0.25, -0.2) is 4.79 Å². The van der Waals surface area contributed by atoms with Crippen molar-refractivity contribution in [3.63, 3.8) is 0 Å². The van der Waals surface area contributed by atoms with Gasteiger partial charge < -0.3 is 10.4 Å². The Hall–Kier alpha value is -2.41. The van der Waals surface area contributed by atoms with Crippen LogP contribution < -0.4 is 10.6 Å². The van der Waals surface area contributed by atoms with Crippen LogP contribution in [-0.2, 0) is 6.54 Å². The lowest BCUT2D eigenvalue weighted by molar-refractivity contribution is 0.0950. The number of nitrogens with one attached hydrogen (secondary N) is 2. The topological polar surface area (TPSA) is 91.3 Å². The Kier molecular flexibility index (Phi) is 4.89. The molecule has 3 N–H and O–H groups in total. The number of rotatable bonds is 4. The fraction of sp³-hybridized carbons (Fsp3) is 0.0714. The number of pyridine rings is 1. The number of benzene rings is 1. The number of hydrogen-bond acceptors (Lipinski definition) is 3. The van der Waals surface area contributed by atoms with Gasteiger partial charge in [-0.05, 0) is 30.3 Å². The van der Waals surface area contributed by atoms with Gasteiger partial charge in [-0.1, -0.05) is 22.0 Å². The largest absolute Gasteiger partial charge is 0.465 e. The van der Waals surface area contributed by atoms with Crippen molar-refractivity contribution in [3.05, 3.63) is 58.3 Å². The fourth-order valence-corrected chi connectivity index (χ4v) is 2.06. The fourth-order valence-electron chi connectivity index (χ4n) is 1.68. The Morgan fingerprint density at radius 3 is 2.76 bits per heavy atom. The molecule has 0 aliphatic rings. The van der Waals surface area contributed by atoms with E-state index in [0.717, 1.165) is 10.2 Å². The maximum absolute atomic E-state index is 12.0. The van der Waals surface area contributed by atoms with Gasteiger partial charge in [-0.3, -0.25) is 15.1 Å². The summed E-state index contributed by atoms with van der Waals surface area (Å²) in [6, 6.07) is 9.86. The average molecular weight is 350 g/mol. The third-order valence-corrected chi connectivity index (χ3v) is 3.08. The molecule has 1 heterocycles. The van der Waals surface area contributed by atoms with E-state index < -0.39 is 6.09 Å². The Morgan fingerprint density at radius 2 is 2.05 bits per heavy atom. The SMILES string of the molecule is O=C(O)Nc1cccc(C(=O)NCc2cc(Br)ccn2)c1. The van der Waals surface area contributed by atoms with Crippen molar-refractivity contribution >= 4 is 33.6 Å². The molecule has 0 radical (unpaired) electrons. The number of amides is 2. The van der Waals surface area contributed by atoms with Crippen LogP contribution in [0.4, 0.5) is 10.5 Å². The Balaban J connectivity index is 2.01. The maximum Gasteiger partial charge on any atom is 0.409 e. The molecule has 21 heavy (non-hydrogen) atoms. The highest BCUT2D eigenvalue weighted by atomic mass is 79.9. The van der Waals surface area contributed by atoms with Crippen molar-refractivity contribution < 1.29 is 14.7 Å². The summed E-state index contributed by atoms with van der Waals surface area (Å²) < 4.78 is 0.884. The van der Waals surface area contributed by atoms with Gasteiger partial charge in [0, 0.05) is 21.9 Å². The van der Waals surface area contributed by atoms with Crippen LogP contribution in [0.3, 0.4) is 0 Å². The molecule has 0 saturated carbocycles. The third kappa shape index (κ3) is 4.57.